The Morgan fingerprint density at radius 2 is 1.94 bits per heavy atom. The van der Waals surface area contributed by atoms with Crippen LogP contribution in [-0.4, -0.2) is 68.4 Å². The van der Waals surface area contributed by atoms with E-state index in [1.54, 1.807) is 18.2 Å². The standard InChI is InChI=1S/C24H33N3O4/c1-24(2,3)27(23(29)30)17-11-15-5-6-16(12-17)26(15)14-22(28)19-9-10-25-21-8-7-18(31-4)13-20(19)21/h7-10,13,15-17,22,28H,5-6,11-12,14H2,1-4H3,(H,29,30). The molecule has 31 heavy (non-hydrogen) atoms. The number of amides is 1. The highest BCUT2D eigenvalue weighted by atomic mass is 16.5. The minimum atomic E-state index is -0.845. The van der Waals surface area contributed by atoms with Crippen LogP contribution in [0.15, 0.2) is 30.5 Å². The van der Waals surface area contributed by atoms with Gasteiger partial charge in [-0.1, -0.05) is 0 Å². The number of pyridine rings is 1. The maximum absolute atomic E-state index is 12.0. The van der Waals surface area contributed by atoms with Gasteiger partial charge in [0.25, 0.3) is 0 Å². The number of benzene rings is 1. The van der Waals surface area contributed by atoms with Crippen LogP contribution in [0.1, 0.15) is 58.1 Å². The van der Waals surface area contributed by atoms with Crippen molar-refractivity contribution >= 4 is 17.0 Å². The van der Waals surface area contributed by atoms with Gasteiger partial charge in [-0.3, -0.25) is 9.88 Å². The molecular formula is C24H33N3O4. The van der Waals surface area contributed by atoms with Gasteiger partial charge in [-0.15, -0.1) is 0 Å². The largest absolute Gasteiger partial charge is 0.497 e. The second kappa shape index (κ2) is 8.28. The van der Waals surface area contributed by atoms with Crippen molar-refractivity contribution in [3.05, 3.63) is 36.0 Å². The van der Waals surface area contributed by atoms with Gasteiger partial charge >= 0.3 is 6.09 Å². The highest BCUT2D eigenvalue weighted by Gasteiger charge is 2.46. The van der Waals surface area contributed by atoms with Gasteiger partial charge in [-0.25, -0.2) is 4.79 Å². The normalized spacial score (nSPS) is 24.9. The average molecular weight is 428 g/mol. The predicted molar refractivity (Wildman–Crippen MR) is 119 cm³/mol. The lowest BCUT2D eigenvalue weighted by molar-refractivity contribution is 0.00218. The summed E-state index contributed by atoms with van der Waals surface area (Å²) in [5, 5.41) is 21.9. The number of aliphatic hydroxyl groups is 1. The number of fused-ring (bicyclic) bond motifs is 3. The van der Waals surface area contributed by atoms with Crippen LogP contribution in [0, 0.1) is 0 Å². The van der Waals surface area contributed by atoms with Gasteiger partial charge in [-0.05, 0) is 76.3 Å². The van der Waals surface area contributed by atoms with Crippen molar-refractivity contribution in [1.29, 1.82) is 0 Å². The Morgan fingerprint density at radius 3 is 2.52 bits per heavy atom. The average Bonchev–Trinajstić information content (AvgIpc) is 2.93. The molecule has 0 radical (unpaired) electrons. The van der Waals surface area contributed by atoms with Crippen LogP contribution < -0.4 is 4.74 Å². The fourth-order valence-electron chi connectivity index (χ4n) is 5.61. The van der Waals surface area contributed by atoms with Crippen molar-refractivity contribution in [3.63, 3.8) is 0 Å². The molecule has 2 aliphatic heterocycles. The van der Waals surface area contributed by atoms with Crippen molar-refractivity contribution in [2.75, 3.05) is 13.7 Å². The molecule has 2 fully saturated rings. The van der Waals surface area contributed by atoms with Crippen molar-refractivity contribution < 1.29 is 19.7 Å². The van der Waals surface area contributed by atoms with E-state index in [2.05, 4.69) is 9.88 Å². The Balaban J connectivity index is 1.53. The molecule has 0 spiro atoms. The summed E-state index contributed by atoms with van der Waals surface area (Å²) < 4.78 is 5.36. The molecule has 1 amide bonds. The number of methoxy groups -OCH3 is 1. The molecule has 0 saturated carbocycles. The van der Waals surface area contributed by atoms with Gasteiger partial charge in [0.1, 0.15) is 5.75 Å². The second-order valence-corrected chi connectivity index (χ2v) is 9.83. The number of aromatic nitrogens is 1. The number of carbonyl (C=O) groups is 1. The van der Waals surface area contributed by atoms with E-state index in [4.69, 9.17) is 4.74 Å². The maximum atomic E-state index is 12.0. The number of nitrogens with zero attached hydrogens (tertiary/aromatic N) is 3. The topological polar surface area (TPSA) is 86.1 Å². The van der Waals surface area contributed by atoms with Gasteiger partial charge in [0.05, 0.1) is 18.7 Å². The minimum Gasteiger partial charge on any atom is -0.497 e. The molecule has 1 aromatic carbocycles. The summed E-state index contributed by atoms with van der Waals surface area (Å²) >= 11 is 0. The molecular weight excluding hydrogens is 394 g/mol. The summed E-state index contributed by atoms with van der Waals surface area (Å²) in [6.45, 7) is 6.42. The van der Waals surface area contributed by atoms with Crippen molar-refractivity contribution in [2.45, 2.75) is 76.2 Å². The Morgan fingerprint density at radius 1 is 1.26 bits per heavy atom. The van der Waals surface area contributed by atoms with E-state index >= 15 is 0 Å². The first kappa shape index (κ1) is 21.8. The van der Waals surface area contributed by atoms with Gasteiger partial charge in [0.15, 0.2) is 0 Å². The molecule has 7 nitrogen and oxygen atoms in total. The van der Waals surface area contributed by atoms with E-state index in [1.165, 1.54) is 0 Å². The molecule has 2 aliphatic rings. The third-order valence-electron chi connectivity index (χ3n) is 6.88. The Kier molecular flexibility index (Phi) is 5.83. The minimum absolute atomic E-state index is 0.0226. The van der Waals surface area contributed by atoms with Crippen molar-refractivity contribution in [3.8, 4) is 5.75 Å². The predicted octanol–water partition coefficient (Wildman–Crippen LogP) is 4.05. The quantitative estimate of drug-likeness (QED) is 0.749. The van der Waals surface area contributed by atoms with E-state index in [1.807, 2.05) is 45.0 Å². The van der Waals surface area contributed by atoms with Crippen LogP contribution in [0.5, 0.6) is 5.75 Å². The van der Waals surface area contributed by atoms with Crippen LogP contribution >= 0.6 is 0 Å². The van der Waals surface area contributed by atoms with E-state index in [0.717, 1.165) is 47.9 Å². The van der Waals surface area contributed by atoms with E-state index in [0.29, 0.717) is 18.6 Å². The van der Waals surface area contributed by atoms with E-state index in [9.17, 15) is 15.0 Å². The highest BCUT2D eigenvalue weighted by Crippen LogP contribution is 2.40. The van der Waals surface area contributed by atoms with E-state index < -0.39 is 17.7 Å². The second-order valence-electron chi connectivity index (χ2n) is 9.83. The lowest BCUT2D eigenvalue weighted by Crippen LogP contribution is -2.57. The first-order valence-electron chi connectivity index (χ1n) is 11.1. The highest BCUT2D eigenvalue weighted by molar-refractivity contribution is 5.83. The molecule has 4 rings (SSSR count). The summed E-state index contributed by atoms with van der Waals surface area (Å²) in [5.41, 5.74) is 1.26. The first-order chi connectivity index (χ1) is 14.7. The zero-order valence-electron chi connectivity index (χ0n) is 18.8. The first-order valence-corrected chi connectivity index (χ1v) is 11.1. The number of piperidine rings is 1. The Hall–Kier alpha value is -2.38. The monoisotopic (exact) mass is 427 g/mol. The lowest BCUT2D eigenvalue weighted by Gasteiger charge is -2.47. The molecule has 3 heterocycles. The zero-order valence-corrected chi connectivity index (χ0v) is 18.8. The third-order valence-corrected chi connectivity index (χ3v) is 6.88. The molecule has 2 saturated heterocycles. The molecule has 1 aromatic heterocycles. The summed E-state index contributed by atoms with van der Waals surface area (Å²) in [6.07, 6.45) is 3.99. The lowest BCUT2D eigenvalue weighted by atomic mass is 9.91. The molecule has 2 bridgehead atoms. The van der Waals surface area contributed by atoms with Gasteiger partial charge in [-0.2, -0.15) is 0 Å². The number of ether oxygens (including phenoxy) is 1. The van der Waals surface area contributed by atoms with Gasteiger partial charge in [0.2, 0.25) is 0 Å². The number of carboxylic acid groups (broad SMARTS) is 1. The van der Waals surface area contributed by atoms with Crippen molar-refractivity contribution in [2.24, 2.45) is 0 Å². The third kappa shape index (κ3) is 4.21. The fraction of sp³-hybridized carbons (Fsp3) is 0.583. The fourth-order valence-corrected chi connectivity index (χ4v) is 5.61. The van der Waals surface area contributed by atoms with Gasteiger partial charge in [0, 0.05) is 41.8 Å². The molecule has 3 unspecified atom stereocenters. The zero-order chi connectivity index (χ0) is 22.3. The SMILES string of the molecule is COc1ccc2nccc(C(O)CN3C4CCC3CC(N(C(=O)O)C(C)(C)C)C4)c2c1. The van der Waals surface area contributed by atoms with E-state index in [-0.39, 0.29) is 6.04 Å². The molecule has 7 heteroatoms. The summed E-state index contributed by atoms with van der Waals surface area (Å²) in [4.78, 5) is 20.4. The smallest absolute Gasteiger partial charge is 0.407 e. The Labute approximate surface area is 183 Å². The number of rotatable bonds is 5. The van der Waals surface area contributed by atoms with Crippen LogP contribution in [0.25, 0.3) is 10.9 Å². The summed E-state index contributed by atoms with van der Waals surface area (Å²) in [7, 11) is 1.63. The molecule has 2 aromatic rings. The van der Waals surface area contributed by atoms with Crippen LogP contribution in [0.2, 0.25) is 0 Å². The Bertz CT molecular complexity index is 943. The number of aliphatic hydroxyl groups excluding tert-OH is 1. The number of hydrogen-bond donors (Lipinski definition) is 2. The molecule has 168 valence electrons. The molecule has 3 atom stereocenters. The summed E-state index contributed by atoms with van der Waals surface area (Å²) in [5.74, 6) is 0.741. The summed E-state index contributed by atoms with van der Waals surface area (Å²) in [6, 6.07) is 8.21. The van der Waals surface area contributed by atoms with Crippen molar-refractivity contribution in [1.82, 2.24) is 14.8 Å². The van der Waals surface area contributed by atoms with Crippen LogP contribution in [0.3, 0.4) is 0 Å². The van der Waals surface area contributed by atoms with Crippen LogP contribution in [-0.2, 0) is 0 Å². The van der Waals surface area contributed by atoms with Crippen LogP contribution in [0.4, 0.5) is 4.79 Å². The molecule has 0 aliphatic carbocycles. The molecule has 2 N–H and O–H groups in total. The van der Waals surface area contributed by atoms with Gasteiger partial charge < -0.3 is 19.8 Å². The maximum Gasteiger partial charge on any atom is 0.407 e. The number of hydrogen-bond acceptors (Lipinski definition) is 5.